The van der Waals surface area contributed by atoms with Crippen LogP contribution in [0, 0.1) is 0 Å². The number of fused-ring (bicyclic) bond motifs is 1. The van der Waals surface area contributed by atoms with E-state index in [2.05, 4.69) is 46.4 Å². The maximum Gasteiger partial charge on any atom is 0.229 e. The zero-order valence-electron chi connectivity index (χ0n) is 14.0. The monoisotopic (exact) mass is 349 g/mol. The summed E-state index contributed by atoms with van der Waals surface area (Å²) in [6, 6.07) is 16.6. The van der Waals surface area contributed by atoms with E-state index in [-0.39, 0.29) is 5.91 Å². The Labute approximate surface area is 151 Å². The molecule has 3 heterocycles. The minimum Gasteiger partial charge on any atom is -0.324 e. The van der Waals surface area contributed by atoms with Gasteiger partial charge in [-0.2, -0.15) is 0 Å². The van der Waals surface area contributed by atoms with Crippen molar-refractivity contribution in [1.82, 2.24) is 4.98 Å². The van der Waals surface area contributed by atoms with Crippen molar-refractivity contribution in [2.75, 3.05) is 10.2 Å². The minimum absolute atomic E-state index is 0.0168. The number of thiophene rings is 1. The first kappa shape index (κ1) is 15.8. The normalized spacial score (nSPS) is 15.9. The fourth-order valence-corrected chi connectivity index (χ4v) is 4.00. The lowest BCUT2D eigenvalue weighted by molar-refractivity contribution is -0.115. The van der Waals surface area contributed by atoms with Crippen LogP contribution in [-0.2, 0) is 17.6 Å². The van der Waals surface area contributed by atoms with E-state index >= 15 is 0 Å². The van der Waals surface area contributed by atoms with Gasteiger partial charge in [0.05, 0.1) is 18.3 Å². The molecule has 126 valence electrons. The second-order valence-corrected chi connectivity index (χ2v) is 7.29. The van der Waals surface area contributed by atoms with E-state index in [1.807, 2.05) is 29.6 Å². The van der Waals surface area contributed by atoms with Crippen molar-refractivity contribution in [1.29, 1.82) is 0 Å². The Balaban J connectivity index is 1.48. The summed E-state index contributed by atoms with van der Waals surface area (Å²) < 4.78 is 0. The van der Waals surface area contributed by atoms with Gasteiger partial charge in [0.15, 0.2) is 0 Å². The number of anilines is 3. The molecule has 0 aliphatic carbocycles. The highest BCUT2D eigenvalue weighted by Crippen LogP contribution is 2.37. The molecule has 5 heteroatoms. The van der Waals surface area contributed by atoms with Crippen molar-refractivity contribution in [2.45, 2.75) is 25.8 Å². The SMILES string of the molecule is CC1Cc2ccccc2N1c1ccc(NC(=O)Cc2cccs2)cn1. The topological polar surface area (TPSA) is 45.2 Å². The summed E-state index contributed by atoms with van der Waals surface area (Å²) in [6.07, 6.45) is 3.16. The number of aromatic nitrogens is 1. The Morgan fingerprint density at radius 2 is 2.12 bits per heavy atom. The van der Waals surface area contributed by atoms with Gasteiger partial charge in [-0.1, -0.05) is 24.3 Å². The summed E-state index contributed by atoms with van der Waals surface area (Å²) in [4.78, 5) is 20.0. The van der Waals surface area contributed by atoms with E-state index in [1.165, 1.54) is 11.3 Å². The molecule has 4 nitrogen and oxygen atoms in total. The van der Waals surface area contributed by atoms with Crippen molar-refractivity contribution in [3.8, 4) is 0 Å². The van der Waals surface area contributed by atoms with Crippen LogP contribution in [0.5, 0.6) is 0 Å². The minimum atomic E-state index is -0.0168. The highest BCUT2D eigenvalue weighted by Gasteiger charge is 2.27. The smallest absolute Gasteiger partial charge is 0.229 e. The van der Waals surface area contributed by atoms with Crippen LogP contribution < -0.4 is 10.2 Å². The van der Waals surface area contributed by atoms with E-state index in [4.69, 9.17) is 0 Å². The lowest BCUT2D eigenvalue weighted by Crippen LogP contribution is -2.24. The number of hydrogen-bond donors (Lipinski definition) is 1. The predicted molar refractivity (Wildman–Crippen MR) is 103 cm³/mol. The van der Waals surface area contributed by atoms with Crippen LogP contribution in [0.15, 0.2) is 60.1 Å². The number of amides is 1. The Kier molecular flexibility index (Phi) is 4.24. The number of nitrogens with zero attached hydrogens (tertiary/aromatic N) is 2. The summed E-state index contributed by atoms with van der Waals surface area (Å²) in [5.74, 6) is 0.894. The standard InChI is InChI=1S/C20H19N3OS/c1-14-11-15-5-2-3-7-18(15)23(14)19-9-8-16(13-21-19)22-20(24)12-17-6-4-10-25-17/h2-10,13-14H,11-12H2,1H3,(H,22,24). The molecule has 1 N–H and O–H groups in total. The molecule has 0 saturated heterocycles. The zero-order chi connectivity index (χ0) is 17.2. The second kappa shape index (κ2) is 6.69. The fourth-order valence-electron chi connectivity index (χ4n) is 3.29. The van der Waals surface area contributed by atoms with Crippen LogP contribution in [0.25, 0.3) is 0 Å². The van der Waals surface area contributed by atoms with E-state index in [9.17, 15) is 4.79 Å². The number of pyridine rings is 1. The summed E-state index contributed by atoms with van der Waals surface area (Å²) in [5, 5.41) is 4.90. The van der Waals surface area contributed by atoms with Gasteiger partial charge in [-0.3, -0.25) is 4.79 Å². The summed E-state index contributed by atoms with van der Waals surface area (Å²) in [6.45, 7) is 2.21. The molecular formula is C20H19N3OS. The first-order valence-electron chi connectivity index (χ1n) is 8.36. The maximum atomic E-state index is 12.1. The fraction of sp³-hybridized carbons (Fsp3) is 0.200. The number of carbonyl (C=O) groups is 1. The molecule has 1 aliphatic rings. The molecule has 1 amide bonds. The number of para-hydroxylation sites is 1. The summed E-state index contributed by atoms with van der Waals surface area (Å²) in [7, 11) is 0. The molecule has 1 aromatic carbocycles. The molecule has 0 radical (unpaired) electrons. The largest absolute Gasteiger partial charge is 0.324 e. The van der Waals surface area contributed by atoms with Gasteiger partial charge in [0.1, 0.15) is 5.82 Å². The van der Waals surface area contributed by atoms with Crippen LogP contribution in [-0.4, -0.2) is 16.9 Å². The molecule has 2 aromatic heterocycles. The first-order valence-corrected chi connectivity index (χ1v) is 9.24. The van der Waals surface area contributed by atoms with Crippen LogP contribution >= 0.6 is 11.3 Å². The highest BCUT2D eigenvalue weighted by atomic mass is 32.1. The molecule has 4 rings (SSSR count). The summed E-state index contributed by atoms with van der Waals surface area (Å²) in [5.41, 5.74) is 3.30. The molecular weight excluding hydrogens is 330 g/mol. The average Bonchev–Trinajstić information content (AvgIpc) is 3.22. The van der Waals surface area contributed by atoms with Crippen molar-refractivity contribution >= 4 is 34.4 Å². The predicted octanol–water partition coefficient (Wildman–Crippen LogP) is 4.41. The third-order valence-electron chi connectivity index (χ3n) is 4.40. The van der Waals surface area contributed by atoms with Crippen LogP contribution in [0.4, 0.5) is 17.2 Å². The van der Waals surface area contributed by atoms with Crippen molar-refractivity contribution in [3.05, 3.63) is 70.5 Å². The van der Waals surface area contributed by atoms with Crippen molar-refractivity contribution in [3.63, 3.8) is 0 Å². The van der Waals surface area contributed by atoms with Gasteiger partial charge in [-0.25, -0.2) is 4.98 Å². The molecule has 0 fully saturated rings. The maximum absolute atomic E-state index is 12.1. The Hall–Kier alpha value is -2.66. The third kappa shape index (κ3) is 3.28. The number of nitrogens with one attached hydrogen (secondary N) is 1. The molecule has 0 saturated carbocycles. The van der Waals surface area contributed by atoms with Gasteiger partial charge in [0, 0.05) is 16.6 Å². The van der Waals surface area contributed by atoms with Gasteiger partial charge < -0.3 is 10.2 Å². The van der Waals surface area contributed by atoms with Crippen LogP contribution in [0.3, 0.4) is 0 Å². The molecule has 1 aliphatic heterocycles. The van der Waals surface area contributed by atoms with Gasteiger partial charge >= 0.3 is 0 Å². The molecule has 25 heavy (non-hydrogen) atoms. The van der Waals surface area contributed by atoms with Gasteiger partial charge in [-0.05, 0) is 48.6 Å². The van der Waals surface area contributed by atoms with E-state index in [1.54, 1.807) is 17.5 Å². The Bertz CT molecular complexity index is 874. The molecule has 1 atom stereocenters. The van der Waals surface area contributed by atoms with E-state index < -0.39 is 0 Å². The van der Waals surface area contributed by atoms with Gasteiger partial charge in [-0.15, -0.1) is 11.3 Å². The van der Waals surface area contributed by atoms with E-state index in [0.717, 1.165) is 22.8 Å². The Morgan fingerprint density at radius 1 is 1.24 bits per heavy atom. The van der Waals surface area contributed by atoms with E-state index in [0.29, 0.717) is 12.5 Å². The van der Waals surface area contributed by atoms with Crippen LogP contribution in [0.1, 0.15) is 17.4 Å². The quantitative estimate of drug-likeness (QED) is 0.759. The lowest BCUT2D eigenvalue weighted by atomic mass is 10.1. The Morgan fingerprint density at radius 3 is 2.88 bits per heavy atom. The molecule has 0 bridgehead atoms. The molecule has 1 unspecified atom stereocenters. The molecule has 0 spiro atoms. The van der Waals surface area contributed by atoms with Gasteiger partial charge in [0.2, 0.25) is 5.91 Å². The number of carbonyl (C=O) groups excluding carboxylic acids is 1. The number of hydrogen-bond acceptors (Lipinski definition) is 4. The van der Waals surface area contributed by atoms with Crippen molar-refractivity contribution < 1.29 is 4.79 Å². The first-order chi connectivity index (χ1) is 12.2. The lowest BCUT2D eigenvalue weighted by Gasteiger charge is -2.24. The average molecular weight is 349 g/mol. The molecule has 3 aromatic rings. The number of rotatable bonds is 4. The second-order valence-electron chi connectivity index (χ2n) is 6.26. The van der Waals surface area contributed by atoms with Crippen molar-refractivity contribution in [2.24, 2.45) is 0 Å². The summed E-state index contributed by atoms with van der Waals surface area (Å²) >= 11 is 1.59. The zero-order valence-corrected chi connectivity index (χ0v) is 14.8. The third-order valence-corrected chi connectivity index (χ3v) is 5.28. The van der Waals surface area contributed by atoms with Crippen LogP contribution in [0.2, 0.25) is 0 Å². The highest BCUT2D eigenvalue weighted by molar-refractivity contribution is 7.10. The number of benzene rings is 1. The van der Waals surface area contributed by atoms with Gasteiger partial charge in [0.25, 0.3) is 0 Å².